The van der Waals surface area contributed by atoms with Crippen molar-refractivity contribution < 1.29 is 9.53 Å². The molecule has 0 aliphatic heterocycles. The van der Waals surface area contributed by atoms with Crippen molar-refractivity contribution in [2.24, 2.45) is 17.8 Å². The van der Waals surface area contributed by atoms with Crippen LogP contribution in [0.1, 0.15) is 39.8 Å². The second-order valence-corrected chi connectivity index (χ2v) is 6.61. The van der Waals surface area contributed by atoms with Crippen molar-refractivity contribution in [1.29, 1.82) is 0 Å². The lowest BCUT2D eigenvalue weighted by molar-refractivity contribution is -0.140. The molecular formula is C15H26N2O2S. The Morgan fingerprint density at radius 1 is 1.35 bits per heavy atom. The van der Waals surface area contributed by atoms with Crippen molar-refractivity contribution in [2.75, 3.05) is 19.0 Å². The van der Waals surface area contributed by atoms with Gasteiger partial charge >= 0.3 is 5.97 Å². The quantitative estimate of drug-likeness (QED) is 0.745. The number of aromatic nitrogens is 1. The summed E-state index contributed by atoms with van der Waals surface area (Å²) in [5, 5.41) is 6.37. The first-order valence-corrected chi connectivity index (χ1v) is 8.07. The normalized spacial score (nSPS) is 11.4. The van der Waals surface area contributed by atoms with Gasteiger partial charge in [-0.1, -0.05) is 27.7 Å². The molecule has 114 valence electrons. The predicted octanol–water partition coefficient (Wildman–Crippen LogP) is 3.59. The fourth-order valence-corrected chi connectivity index (χ4v) is 3.04. The van der Waals surface area contributed by atoms with Gasteiger partial charge in [0.25, 0.3) is 0 Å². The van der Waals surface area contributed by atoms with Crippen LogP contribution in [-0.2, 0) is 16.0 Å². The summed E-state index contributed by atoms with van der Waals surface area (Å²) in [7, 11) is 1.41. The Kier molecular flexibility index (Phi) is 6.99. The molecule has 0 atom stereocenters. The third-order valence-corrected chi connectivity index (χ3v) is 4.42. The van der Waals surface area contributed by atoms with Crippen LogP contribution in [0.2, 0.25) is 0 Å². The topological polar surface area (TPSA) is 51.2 Å². The van der Waals surface area contributed by atoms with E-state index in [1.807, 2.05) is 5.38 Å². The van der Waals surface area contributed by atoms with Gasteiger partial charge in [0.05, 0.1) is 19.2 Å². The predicted molar refractivity (Wildman–Crippen MR) is 84.1 cm³/mol. The lowest BCUT2D eigenvalue weighted by Gasteiger charge is -2.24. The molecule has 0 amide bonds. The summed E-state index contributed by atoms with van der Waals surface area (Å²) in [5.74, 6) is 1.76. The highest BCUT2D eigenvalue weighted by atomic mass is 32.1. The zero-order valence-corrected chi connectivity index (χ0v) is 13.9. The van der Waals surface area contributed by atoms with Crippen LogP contribution in [0.25, 0.3) is 0 Å². The van der Waals surface area contributed by atoms with Crippen molar-refractivity contribution in [3.05, 3.63) is 11.1 Å². The van der Waals surface area contributed by atoms with Crippen molar-refractivity contribution in [1.82, 2.24) is 4.98 Å². The standard InChI is InChI=1S/C15H26N2O2S/c1-10(2)13(11(3)4)8-16-15-17-12(9-20-15)6-7-14(18)19-5/h9-11,13H,6-8H2,1-5H3,(H,16,17). The van der Waals surface area contributed by atoms with Crippen LogP contribution in [0, 0.1) is 17.8 Å². The fourth-order valence-electron chi connectivity index (χ4n) is 2.28. The van der Waals surface area contributed by atoms with Crippen molar-refractivity contribution >= 4 is 22.4 Å². The highest BCUT2D eigenvalue weighted by Gasteiger charge is 2.17. The Balaban J connectivity index is 2.45. The van der Waals surface area contributed by atoms with E-state index in [4.69, 9.17) is 0 Å². The van der Waals surface area contributed by atoms with Crippen LogP contribution in [-0.4, -0.2) is 24.6 Å². The third kappa shape index (κ3) is 5.49. The van der Waals surface area contributed by atoms with Gasteiger partial charge in [-0.3, -0.25) is 4.79 Å². The molecule has 0 bridgehead atoms. The molecule has 0 radical (unpaired) electrons. The summed E-state index contributed by atoms with van der Waals surface area (Å²) < 4.78 is 4.63. The van der Waals surface area contributed by atoms with Crippen LogP contribution in [0.5, 0.6) is 0 Å². The number of nitrogens with zero attached hydrogens (tertiary/aromatic N) is 1. The summed E-state index contributed by atoms with van der Waals surface area (Å²) in [6.07, 6.45) is 1.03. The van der Waals surface area contributed by atoms with Crippen LogP contribution < -0.4 is 5.32 Å². The first-order chi connectivity index (χ1) is 9.43. The number of thiazole rings is 1. The molecule has 1 aromatic heterocycles. The lowest BCUT2D eigenvalue weighted by atomic mass is 9.86. The number of hydrogen-bond acceptors (Lipinski definition) is 5. The molecule has 0 aliphatic carbocycles. The van der Waals surface area contributed by atoms with E-state index in [9.17, 15) is 4.79 Å². The van der Waals surface area contributed by atoms with E-state index in [-0.39, 0.29) is 5.97 Å². The molecule has 1 aromatic rings. The SMILES string of the molecule is COC(=O)CCc1csc(NCC(C(C)C)C(C)C)n1. The van der Waals surface area contributed by atoms with Crippen molar-refractivity contribution in [2.45, 2.75) is 40.5 Å². The Morgan fingerprint density at radius 3 is 2.55 bits per heavy atom. The van der Waals surface area contributed by atoms with Gasteiger partial charge in [-0.15, -0.1) is 11.3 Å². The zero-order valence-electron chi connectivity index (χ0n) is 13.1. The van der Waals surface area contributed by atoms with Gasteiger partial charge in [0.2, 0.25) is 0 Å². The minimum Gasteiger partial charge on any atom is -0.469 e. The molecule has 0 spiro atoms. The van der Waals surface area contributed by atoms with Crippen molar-refractivity contribution in [3.63, 3.8) is 0 Å². The maximum Gasteiger partial charge on any atom is 0.305 e. The second kappa shape index (κ2) is 8.25. The van der Waals surface area contributed by atoms with Crippen molar-refractivity contribution in [3.8, 4) is 0 Å². The van der Waals surface area contributed by atoms with Crippen LogP contribution in [0.4, 0.5) is 5.13 Å². The van der Waals surface area contributed by atoms with E-state index in [0.717, 1.165) is 17.4 Å². The van der Waals surface area contributed by atoms with Gasteiger partial charge in [-0.25, -0.2) is 4.98 Å². The third-order valence-electron chi connectivity index (χ3n) is 3.57. The number of rotatable bonds is 8. The number of anilines is 1. The molecule has 0 aliphatic rings. The lowest BCUT2D eigenvalue weighted by Crippen LogP contribution is -2.24. The number of carbonyl (C=O) groups is 1. The average molecular weight is 298 g/mol. The number of nitrogens with one attached hydrogen (secondary N) is 1. The number of carbonyl (C=O) groups excluding carboxylic acids is 1. The summed E-state index contributed by atoms with van der Waals surface area (Å²) >= 11 is 1.60. The van der Waals surface area contributed by atoms with Gasteiger partial charge < -0.3 is 10.1 Å². The summed E-state index contributed by atoms with van der Waals surface area (Å²) in [6.45, 7) is 9.98. The average Bonchev–Trinajstić information content (AvgIpc) is 2.83. The number of esters is 1. The first-order valence-electron chi connectivity index (χ1n) is 7.19. The van der Waals surface area contributed by atoms with Crippen LogP contribution >= 0.6 is 11.3 Å². The largest absolute Gasteiger partial charge is 0.469 e. The molecule has 0 saturated carbocycles. The van der Waals surface area contributed by atoms with Gasteiger partial charge in [0.15, 0.2) is 5.13 Å². The number of hydrogen-bond donors (Lipinski definition) is 1. The van der Waals surface area contributed by atoms with Gasteiger partial charge in [-0.05, 0) is 17.8 Å². The van der Waals surface area contributed by atoms with Crippen LogP contribution in [0.15, 0.2) is 5.38 Å². The zero-order chi connectivity index (χ0) is 15.1. The summed E-state index contributed by atoms with van der Waals surface area (Å²) in [4.78, 5) is 15.6. The first kappa shape index (κ1) is 17.0. The highest BCUT2D eigenvalue weighted by Crippen LogP contribution is 2.23. The maximum absolute atomic E-state index is 11.1. The molecule has 0 fully saturated rings. The second-order valence-electron chi connectivity index (χ2n) is 5.75. The smallest absolute Gasteiger partial charge is 0.305 e. The Hall–Kier alpha value is -1.10. The molecule has 1 N–H and O–H groups in total. The van der Waals surface area contributed by atoms with Gasteiger partial charge in [0.1, 0.15) is 0 Å². The molecule has 4 nitrogen and oxygen atoms in total. The van der Waals surface area contributed by atoms with E-state index in [0.29, 0.717) is 30.6 Å². The molecular weight excluding hydrogens is 272 g/mol. The Bertz CT molecular complexity index is 408. The van der Waals surface area contributed by atoms with E-state index in [1.165, 1.54) is 7.11 Å². The minimum atomic E-state index is -0.188. The summed E-state index contributed by atoms with van der Waals surface area (Å²) in [6, 6.07) is 0. The van der Waals surface area contributed by atoms with E-state index in [1.54, 1.807) is 11.3 Å². The monoisotopic (exact) mass is 298 g/mol. The molecule has 1 rings (SSSR count). The summed E-state index contributed by atoms with van der Waals surface area (Å²) in [5.41, 5.74) is 0.952. The molecule has 0 aromatic carbocycles. The Morgan fingerprint density at radius 2 is 2.00 bits per heavy atom. The highest BCUT2D eigenvalue weighted by molar-refractivity contribution is 7.13. The van der Waals surface area contributed by atoms with Gasteiger partial charge in [0, 0.05) is 18.3 Å². The molecule has 20 heavy (non-hydrogen) atoms. The van der Waals surface area contributed by atoms with E-state index >= 15 is 0 Å². The minimum absolute atomic E-state index is 0.188. The van der Waals surface area contributed by atoms with E-state index in [2.05, 4.69) is 42.7 Å². The van der Waals surface area contributed by atoms with Crippen LogP contribution in [0.3, 0.4) is 0 Å². The number of ether oxygens (including phenoxy) is 1. The van der Waals surface area contributed by atoms with Gasteiger partial charge in [-0.2, -0.15) is 0 Å². The molecule has 5 heteroatoms. The fraction of sp³-hybridized carbons (Fsp3) is 0.733. The molecule has 1 heterocycles. The Labute approximate surface area is 125 Å². The molecule has 0 unspecified atom stereocenters. The number of aryl methyl sites for hydroxylation is 1. The van der Waals surface area contributed by atoms with E-state index < -0.39 is 0 Å². The molecule has 0 saturated heterocycles. The maximum atomic E-state index is 11.1. The number of methoxy groups -OCH3 is 1.